The highest BCUT2D eigenvalue weighted by Crippen LogP contribution is 2.49. The van der Waals surface area contributed by atoms with Gasteiger partial charge in [0.25, 0.3) is 11.5 Å². The van der Waals surface area contributed by atoms with E-state index < -0.39 is 33.8 Å². The lowest BCUT2D eigenvalue weighted by Gasteiger charge is -2.29. The second kappa shape index (κ2) is 10.0. The van der Waals surface area contributed by atoms with E-state index >= 15 is 0 Å². The summed E-state index contributed by atoms with van der Waals surface area (Å²) < 4.78 is 60.1. The number of amides is 1. The van der Waals surface area contributed by atoms with Gasteiger partial charge in [0.15, 0.2) is 0 Å². The van der Waals surface area contributed by atoms with Crippen LogP contribution in [0.25, 0.3) is 0 Å². The Balaban J connectivity index is 1.65. The predicted molar refractivity (Wildman–Crippen MR) is 143 cm³/mol. The topological polar surface area (TPSA) is 68.1 Å². The summed E-state index contributed by atoms with van der Waals surface area (Å²) in [5.41, 5.74) is -0.265. The van der Waals surface area contributed by atoms with E-state index in [-0.39, 0.29) is 26.9 Å². The van der Waals surface area contributed by atoms with Gasteiger partial charge < -0.3 is 4.84 Å². The van der Waals surface area contributed by atoms with Crippen LogP contribution in [0.3, 0.4) is 0 Å². The monoisotopic (exact) mass is 582 g/mol. The highest BCUT2D eigenvalue weighted by atomic mass is 35.5. The standard InChI is InChI=1S/C27H23Cl2F3N2O3S/c1-15-7-16(2)9-22(8-15)38(4,36)34-25(35)23-6-5-18(10-17(23)3)24-14-26(37-33-24,27(30,31)32)19-11-20(28)13-21(29)12-19/h5-13H,14H2,1-4H3. The average molecular weight is 583 g/mol. The molecule has 2 unspecified atom stereocenters. The maximum absolute atomic E-state index is 14.3. The van der Waals surface area contributed by atoms with Gasteiger partial charge in [0.2, 0.25) is 0 Å². The molecule has 4 rings (SSSR count). The van der Waals surface area contributed by atoms with E-state index in [0.29, 0.717) is 16.0 Å². The molecule has 0 radical (unpaired) electrons. The maximum atomic E-state index is 14.3. The molecule has 2 atom stereocenters. The Morgan fingerprint density at radius 2 is 1.61 bits per heavy atom. The average Bonchev–Trinajstić information content (AvgIpc) is 3.24. The van der Waals surface area contributed by atoms with E-state index in [2.05, 4.69) is 9.52 Å². The molecule has 0 N–H and O–H groups in total. The quantitative estimate of drug-likeness (QED) is 0.315. The number of carbonyl (C=O) groups is 1. The van der Waals surface area contributed by atoms with Crippen molar-refractivity contribution in [3.63, 3.8) is 0 Å². The van der Waals surface area contributed by atoms with E-state index in [1.165, 1.54) is 30.5 Å². The number of nitrogens with zero attached hydrogens (tertiary/aromatic N) is 2. The second-order valence-corrected chi connectivity index (χ2v) is 12.5. The first-order valence-electron chi connectivity index (χ1n) is 11.4. The van der Waals surface area contributed by atoms with Crippen LogP contribution in [-0.4, -0.2) is 28.3 Å². The third-order valence-corrected chi connectivity index (χ3v) is 8.26. The molecule has 38 heavy (non-hydrogen) atoms. The molecule has 5 nitrogen and oxygen atoms in total. The number of halogens is 5. The maximum Gasteiger partial charge on any atom is 0.435 e. The fourth-order valence-electron chi connectivity index (χ4n) is 4.34. The largest absolute Gasteiger partial charge is 0.435 e. The van der Waals surface area contributed by atoms with Crippen molar-refractivity contribution in [3.05, 3.63) is 98.0 Å². The Bertz CT molecular complexity index is 1570. The normalized spacial score (nSPS) is 18.9. The van der Waals surface area contributed by atoms with Crippen molar-refractivity contribution in [2.24, 2.45) is 9.52 Å². The summed E-state index contributed by atoms with van der Waals surface area (Å²) >= 11 is 11.9. The molecular formula is C27H23Cl2F3N2O3S. The second-order valence-electron chi connectivity index (χ2n) is 9.34. The number of oxime groups is 1. The molecule has 0 saturated heterocycles. The van der Waals surface area contributed by atoms with Crippen molar-refractivity contribution in [1.82, 2.24) is 0 Å². The Labute approximate surface area is 228 Å². The van der Waals surface area contributed by atoms with Gasteiger partial charge in [-0.25, -0.2) is 4.21 Å². The lowest BCUT2D eigenvalue weighted by Crippen LogP contribution is -2.42. The SMILES string of the molecule is Cc1cc(C)cc(S(C)(=O)=NC(=O)c2ccc(C3=NOC(c4cc(Cl)cc(Cl)c4)(C(F)(F)F)C3)cc2C)c1. The molecule has 3 aromatic rings. The first-order valence-corrected chi connectivity index (χ1v) is 14.0. The molecule has 3 aromatic carbocycles. The van der Waals surface area contributed by atoms with Crippen molar-refractivity contribution in [2.45, 2.75) is 43.9 Å². The molecule has 200 valence electrons. The van der Waals surface area contributed by atoms with E-state index in [1.807, 2.05) is 19.9 Å². The van der Waals surface area contributed by atoms with Crippen LogP contribution < -0.4 is 0 Å². The van der Waals surface area contributed by atoms with Crippen LogP contribution in [0.2, 0.25) is 10.0 Å². The van der Waals surface area contributed by atoms with Gasteiger partial charge >= 0.3 is 6.18 Å². The van der Waals surface area contributed by atoms with Crippen molar-refractivity contribution in [1.29, 1.82) is 0 Å². The molecular weight excluding hydrogens is 560 g/mol. The zero-order valence-corrected chi connectivity index (χ0v) is 23.1. The van der Waals surface area contributed by atoms with Crippen LogP contribution in [0.15, 0.2) is 69.0 Å². The van der Waals surface area contributed by atoms with E-state index in [4.69, 9.17) is 28.0 Å². The molecule has 0 fully saturated rings. The summed E-state index contributed by atoms with van der Waals surface area (Å²) in [6, 6.07) is 13.4. The van der Waals surface area contributed by atoms with E-state index in [0.717, 1.165) is 23.3 Å². The molecule has 1 aliphatic heterocycles. The van der Waals surface area contributed by atoms with Crippen LogP contribution in [0, 0.1) is 20.8 Å². The summed E-state index contributed by atoms with van der Waals surface area (Å²) in [6.07, 6.45) is -4.06. The van der Waals surface area contributed by atoms with Crippen LogP contribution in [0.4, 0.5) is 13.2 Å². The van der Waals surface area contributed by atoms with E-state index in [1.54, 1.807) is 19.1 Å². The minimum absolute atomic E-state index is 0.0314. The number of hydrogen-bond donors (Lipinski definition) is 0. The van der Waals surface area contributed by atoms with Gasteiger partial charge in [-0.05, 0) is 85.5 Å². The number of rotatable bonds is 4. The number of hydrogen-bond acceptors (Lipinski definition) is 4. The summed E-state index contributed by atoms with van der Waals surface area (Å²) in [6.45, 7) is 5.34. The van der Waals surface area contributed by atoms with Gasteiger partial charge in [-0.1, -0.05) is 40.5 Å². The number of aryl methyl sites for hydroxylation is 3. The molecule has 11 heteroatoms. The third kappa shape index (κ3) is 5.46. The lowest BCUT2D eigenvalue weighted by molar-refractivity contribution is -0.275. The molecule has 0 aromatic heterocycles. The molecule has 1 heterocycles. The summed E-state index contributed by atoms with van der Waals surface area (Å²) in [7, 11) is -3.03. The zero-order valence-electron chi connectivity index (χ0n) is 20.8. The molecule has 0 spiro atoms. The summed E-state index contributed by atoms with van der Waals surface area (Å²) in [5, 5.41) is 3.81. The fourth-order valence-corrected chi connectivity index (χ4v) is 6.20. The highest BCUT2D eigenvalue weighted by Gasteiger charge is 2.62. The van der Waals surface area contributed by atoms with Crippen LogP contribution >= 0.6 is 23.2 Å². The smallest absolute Gasteiger partial charge is 0.374 e. The first kappa shape index (κ1) is 28.1. The summed E-state index contributed by atoms with van der Waals surface area (Å²) in [4.78, 5) is 18.5. The molecule has 1 aliphatic rings. The van der Waals surface area contributed by atoms with Gasteiger partial charge in [-0.2, -0.15) is 17.5 Å². The van der Waals surface area contributed by atoms with Crippen molar-refractivity contribution in [3.8, 4) is 0 Å². The van der Waals surface area contributed by atoms with Gasteiger partial charge in [0.05, 0.1) is 15.4 Å². The Morgan fingerprint density at radius 3 is 2.16 bits per heavy atom. The predicted octanol–water partition coefficient (Wildman–Crippen LogP) is 7.80. The third-order valence-electron chi connectivity index (χ3n) is 6.19. The van der Waals surface area contributed by atoms with Crippen molar-refractivity contribution < 1.29 is 27.0 Å². The van der Waals surface area contributed by atoms with Crippen LogP contribution in [0.1, 0.15) is 44.6 Å². The van der Waals surface area contributed by atoms with Crippen molar-refractivity contribution >= 4 is 44.5 Å². The van der Waals surface area contributed by atoms with Gasteiger partial charge in [0.1, 0.15) is 0 Å². The zero-order chi connectivity index (χ0) is 28.0. The number of carbonyl (C=O) groups excluding carboxylic acids is 1. The lowest BCUT2D eigenvalue weighted by atomic mass is 9.86. The first-order chi connectivity index (χ1) is 17.6. The van der Waals surface area contributed by atoms with E-state index in [9.17, 15) is 22.2 Å². The van der Waals surface area contributed by atoms with Gasteiger partial charge in [-0.3, -0.25) is 4.79 Å². The van der Waals surface area contributed by atoms with Crippen LogP contribution in [0.5, 0.6) is 0 Å². The minimum atomic E-state index is -4.83. The van der Waals surface area contributed by atoms with Gasteiger partial charge in [0, 0.05) is 38.7 Å². The molecule has 1 amide bonds. The molecule has 0 bridgehead atoms. The fraction of sp³-hybridized carbons (Fsp3) is 0.259. The van der Waals surface area contributed by atoms with Gasteiger partial charge in [-0.15, -0.1) is 0 Å². The Hall–Kier alpha value is -2.88. The Morgan fingerprint density at radius 1 is 1.00 bits per heavy atom. The molecule has 0 aliphatic carbocycles. The highest BCUT2D eigenvalue weighted by molar-refractivity contribution is 7.93. The van der Waals surface area contributed by atoms with Crippen LogP contribution in [-0.2, 0) is 20.2 Å². The minimum Gasteiger partial charge on any atom is -0.374 e. The van der Waals surface area contributed by atoms with Crippen molar-refractivity contribution in [2.75, 3.05) is 6.26 Å². The summed E-state index contributed by atoms with van der Waals surface area (Å²) in [5.74, 6) is -0.691. The Kier molecular flexibility index (Phi) is 7.42. The number of alkyl halides is 3. The number of benzene rings is 3. The molecule has 0 saturated carbocycles.